The molecule has 0 fully saturated rings. The monoisotopic (exact) mass is 269 g/mol. The maximum absolute atomic E-state index is 9.10. The van der Waals surface area contributed by atoms with Crippen molar-refractivity contribution in [1.82, 2.24) is 14.6 Å². The summed E-state index contributed by atoms with van der Waals surface area (Å²) in [6, 6.07) is 9.57. The second kappa shape index (κ2) is 5.30. The van der Waals surface area contributed by atoms with Crippen LogP contribution < -0.4 is 4.74 Å². The molecule has 0 aliphatic carbocycles. The van der Waals surface area contributed by atoms with Crippen LogP contribution in [0.15, 0.2) is 42.7 Å². The first kappa shape index (κ1) is 12.6. The van der Waals surface area contributed by atoms with Gasteiger partial charge in [-0.2, -0.15) is 5.10 Å². The smallest absolute Gasteiger partial charge is 0.245 e. The van der Waals surface area contributed by atoms with Crippen LogP contribution in [0.2, 0.25) is 0 Å². The van der Waals surface area contributed by atoms with Crippen molar-refractivity contribution in [2.24, 2.45) is 0 Å². The average molecular weight is 269 g/mol. The number of aliphatic hydroxyl groups excluding tert-OH is 1. The summed E-state index contributed by atoms with van der Waals surface area (Å²) in [5.41, 5.74) is 2.69. The molecule has 0 radical (unpaired) electrons. The normalized spacial score (nSPS) is 10.9. The highest BCUT2D eigenvalue weighted by Gasteiger charge is 2.10. The van der Waals surface area contributed by atoms with Gasteiger partial charge in [0.25, 0.3) is 0 Å². The molecule has 3 aromatic rings. The van der Waals surface area contributed by atoms with Crippen molar-refractivity contribution in [2.75, 3.05) is 6.61 Å². The van der Waals surface area contributed by atoms with E-state index in [0.29, 0.717) is 18.1 Å². The molecule has 0 unspecified atom stereocenters. The summed E-state index contributed by atoms with van der Waals surface area (Å²) in [6.07, 6.45) is 4.00. The van der Waals surface area contributed by atoms with Gasteiger partial charge in [-0.3, -0.25) is 0 Å². The van der Waals surface area contributed by atoms with Crippen LogP contribution in [-0.2, 0) is 6.42 Å². The van der Waals surface area contributed by atoms with Crippen LogP contribution in [0, 0.1) is 6.92 Å². The fourth-order valence-corrected chi connectivity index (χ4v) is 2.13. The number of nitrogens with zero attached hydrogens (tertiary/aromatic N) is 3. The van der Waals surface area contributed by atoms with E-state index in [0.717, 1.165) is 16.8 Å². The molecular formula is C15H15N3O2. The molecule has 0 saturated heterocycles. The summed E-state index contributed by atoms with van der Waals surface area (Å²) in [6.45, 7) is 2.01. The Bertz CT molecular complexity index is 737. The molecule has 2 aromatic heterocycles. The molecule has 0 spiro atoms. The van der Waals surface area contributed by atoms with Crippen LogP contribution in [0.1, 0.15) is 11.3 Å². The van der Waals surface area contributed by atoms with Gasteiger partial charge in [-0.25, -0.2) is 9.50 Å². The Kier molecular flexibility index (Phi) is 3.35. The molecule has 5 heteroatoms. The maximum atomic E-state index is 9.10. The lowest BCUT2D eigenvalue weighted by Crippen LogP contribution is -1.98. The summed E-state index contributed by atoms with van der Waals surface area (Å²) in [4.78, 5) is 4.27. The summed E-state index contributed by atoms with van der Waals surface area (Å²) < 4.78 is 7.65. The molecule has 3 rings (SSSR count). The first-order valence-corrected chi connectivity index (χ1v) is 6.45. The largest absolute Gasteiger partial charge is 0.437 e. The van der Waals surface area contributed by atoms with Gasteiger partial charge in [0.05, 0.1) is 5.69 Å². The van der Waals surface area contributed by atoms with Gasteiger partial charge in [0.15, 0.2) is 0 Å². The van der Waals surface area contributed by atoms with Crippen molar-refractivity contribution < 1.29 is 9.84 Å². The zero-order valence-corrected chi connectivity index (χ0v) is 11.2. The number of fused-ring (bicyclic) bond motifs is 1. The number of hydrogen-bond donors (Lipinski definition) is 1. The third kappa shape index (κ3) is 2.35. The lowest BCUT2D eigenvalue weighted by Gasteiger charge is -2.10. The van der Waals surface area contributed by atoms with Gasteiger partial charge in [-0.1, -0.05) is 18.2 Å². The first-order chi connectivity index (χ1) is 9.78. The quantitative estimate of drug-likeness (QED) is 0.790. The third-order valence-electron chi connectivity index (χ3n) is 3.04. The van der Waals surface area contributed by atoms with Crippen LogP contribution in [0.5, 0.6) is 11.6 Å². The van der Waals surface area contributed by atoms with Crippen molar-refractivity contribution >= 4 is 5.52 Å². The van der Waals surface area contributed by atoms with E-state index < -0.39 is 0 Å². The fraction of sp³-hybridized carbons (Fsp3) is 0.200. The van der Waals surface area contributed by atoms with Gasteiger partial charge in [0.1, 0.15) is 11.3 Å². The first-order valence-electron chi connectivity index (χ1n) is 6.45. The van der Waals surface area contributed by atoms with Gasteiger partial charge in [0.2, 0.25) is 5.88 Å². The SMILES string of the molecule is Cc1cc2c(Oc3ccccc3CCO)nccn2n1. The summed E-state index contributed by atoms with van der Waals surface area (Å²) in [5, 5.41) is 13.4. The van der Waals surface area contributed by atoms with Crippen LogP contribution in [-0.4, -0.2) is 26.3 Å². The van der Waals surface area contributed by atoms with Crippen LogP contribution >= 0.6 is 0 Å². The molecule has 0 atom stereocenters. The Morgan fingerprint density at radius 1 is 1.30 bits per heavy atom. The van der Waals surface area contributed by atoms with Crippen molar-refractivity contribution in [3.63, 3.8) is 0 Å². The number of ether oxygens (including phenoxy) is 1. The zero-order chi connectivity index (χ0) is 13.9. The maximum Gasteiger partial charge on any atom is 0.245 e. The van der Waals surface area contributed by atoms with Crippen molar-refractivity contribution in [2.45, 2.75) is 13.3 Å². The van der Waals surface area contributed by atoms with E-state index in [1.807, 2.05) is 37.3 Å². The lowest BCUT2D eigenvalue weighted by atomic mass is 10.1. The Hall–Kier alpha value is -2.40. The number of aryl methyl sites for hydroxylation is 1. The van der Waals surface area contributed by atoms with Gasteiger partial charge >= 0.3 is 0 Å². The van der Waals surface area contributed by atoms with Crippen LogP contribution in [0.4, 0.5) is 0 Å². The Labute approximate surface area is 116 Å². The Morgan fingerprint density at radius 3 is 3.00 bits per heavy atom. The average Bonchev–Trinajstić information content (AvgIpc) is 2.83. The number of aliphatic hydroxyl groups is 1. The van der Waals surface area contributed by atoms with E-state index in [1.165, 1.54) is 0 Å². The lowest BCUT2D eigenvalue weighted by molar-refractivity contribution is 0.297. The number of para-hydroxylation sites is 1. The molecule has 0 amide bonds. The fourth-order valence-electron chi connectivity index (χ4n) is 2.13. The van der Waals surface area contributed by atoms with Crippen LogP contribution in [0.3, 0.4) is 0 Å². The molecule has 1 N–H and O–H groups in total. The molecular weight excluding hydrogens is 254 g/mol. The zero-order valence-electron chi connectivity index (χ0n) is 11.2. The molecule has 0 aliphatic heterocycles. The van der Waals surface area contributed by atoms with E-state index in [1.54, 1.807) is 16.9 Å². The summed E-state index contributed by atoms with van der Waals surface area (Å²) >= 11 is 0. The van der Waals surface area contributed by atoms with E-state index in [9.17, 15) is 0 Å². The number of aromatic nitrogens is 3. The van der Waals surface area contributed by atoms with E-state index in [2.05, 4.69) is 10.1 Å². The topological polar surface area (TPSA) is 59.7 Å². The van der Waals surface area contributed by atoms with Gasteiger partial charge in [0, 0.05) is 19.0 Å². The van der Waals surface area contributed by atoms with Crippen molar-refractivity contribution in [3.05, 3.63) is 54.0 Å². The standard InChI is InChI=1S/C15H15N3O2/c1-11-10-13-15(16-7-8-18(13)17-11)20-14-5-3-2-4-12(14)6-9-19/h2-5,7-8,10,19H,6,9H2,1H3. The van der Waals surface area contributed by atoms with Gasteiger partial charge < -0.3 is 9.84 Å². The van der Waals surface area contributed by atoms with Gasteiger partial charge in [-0.15, -0.1) is 0 Å². The summed E-state index contributed by atoms with van der Waals surface area (Å²) in [5.74, 6) is 1.22. The molecule has 102 valence electrons. The third-order valence-corrected chi connectivity index (χ3v) is 3.04. The van der Waals surface area contributed by atoms with E-state index >= 15 is 0 Å². The van der Waals surface area contributed by atoms with Crippen LogP contribution in [0.25, 0.3) is 5.52 Å². The highest BCUT2D eigenvalue weighted by molar-refractivity contribution is 5.58. The minimum Gasteiger partial charge on any atom is -0.437 e. The van der Waals surface area contributed by atoms with Crippen molar-refractivity contribution in [1.29, 1.82) is 0 Å². The van der Waals surface area contributed by atoms with Gasteiger partial charge in [-0.05, 0) is 31.0 Å². The van der Waals surface area contributed by atoms with Crippen molar-refractivity contribution in [3.8, 4) is 11.6 Å². The highest BCUT2D eigenvalue weighted by Crippen LogP contribution is 2.27. The number of rotatable bonds is 4. The number of hydrogen-bond acceptors (Lipinski definition) is 4. The highest BCUT2D eigenvalue weighted by atomic mass is 16.5. The second-order valence-corrected chi connectivity index (χ2v) is 4.53. The summed E-state index contributed by atoms with van der Waals surface area (Å²) in [7, 11) is 0. The molecule has 2 heterocycles. The van der Waals surface area contributed by atoms with E-state index in [-0.39, 0.29) is 6.61 Å². The Balaban J connectivity index is 2.01. The second-order valence-electron chi connectivity index (χ2n) is 4.53. The minimum atomic E-state index is 0.0871. The molecule has 0 aliphatic rings. The molecule has 1 aromatic carbocycles. The van der Waals surface area contributed by atoms with E-state index in [4.69, 9.17) is 9.84 Å². The predicted molar refractivity (Wildman–Crippen MR) is 75.0 cm³/mol. The molecule has 20 heavy (non-hydrogen) atoms. The molecule has 0 saturated carbocycles. The predicted octanol–water partition coefficient (Wildman–Crippen LogP) is 2.36. The minimum absolute atomic E-state index is 0.0871. The molecule has 0 bridgehead atoms. The number of benzene rings is 1. The Morgan fingerprint density at radius 2 is 2.15 bits per heavy atom. The molecule has 5 nitrogen and oxygen atoms in total.